The number of nitro groups is 2. The standard InChI is InChI=1S/C13H14F3N3O4/c1-10(9-12(18(20)21)19(22)23)7-8-17(13(14,15)16)11-5-3-2-4-6-11/h2-8,10,12H,9H2,1H3. The molecule has 0 aliphatic rings. The van der Waals surface area contributed by atoms with E-state index in [0.29, 0.717) is 0 Å². The first-order valence-electron chi connectivity index (χ1n) is 6.49. The van der Waals surface area contributed by atoms with Crippen LogP contribution in [0.25, 0.3) is 0 Å². The number of para-hydroxylation sites is 1. The normalized spacial score (nSPS) is 13.3. The Morgan fingerprint density at radius 2 is 1.70 bits per heavy atom. The number of hydrogen-bond donors (Lipinski definition) is 0. The molecular formula is C13H14F3N3O4. The summed E-state index contributed by atoms with van der Waals surface area (Å²) in [7, 11) is 0. The SMILES string of the molecule is CC(C=CN(c1ccccc1)C(F)(F)F)CC([N+](=O)[O-])[N+](=O)[O-]. The van der Waals surface area contributed by atoms with Crippen molar-refractivity contribution >= 4 is 5.69 Å². The van der Waals surface area contributed by atoms with Crippen LogP contribution in [0.1, 0.15) is 13.3 Å². The Kier molecular flexibility index (Phi) is 6.05. The molecule has 0 amide bonds. The topological polar surface area (TPSA) is 89.5 Å². The third-order valence-electron chi connectivity index (χ3n) is 2.94. The second-order valence-electron chi connectivity index (χ2n) is 4.78. The van der Waals surface area contributed by atoms with Gasteiger partial charge in [-0.3, -0.25) is 25.1 Å². The summed E-state index contributed by atoms with van der Waals surface area (Å²) in [5.74, 6) is -0.788. The van der Waals surface area contributed by atoms with Crippen molar-refractivity contribution in [3.05, 3.63) is 62.8 Å². The molecule has 126 valence electrons. The zero-order chi connectivity index (χ0) is 17.6. The quantitative estimate of drug-likeness (QED) is 0.330. The fraction of sp³-hybridized carbons (Fsp3) is 0.385. The Hall–Kier alpha value is -2.65. The van der Waals surface area contributed by atoms with Crippen LogP contribution >= 0.6 is 0 Å². The molecule has 1 unspecified atom stereocenters. The highest BCUT2D eigenvalue weighted by Crippen LogP contribution is 2.29. The molecule has 1 atom stereocenters. The average Bonchev–Trinajstić information content (AvgIpc) is 2.44. The van der Waals surface area contributed by atoms with Crippen LogP contribution in [-0.2, 0) is 0 Å². The number of benzene rings is 1. The Bertz CT molecular complexity index is 564. The van der Waals surface area contributed by atoms with E-state index in [1.54, 1.807) is 6.07 Å². The number of anilines is 1. The van der Waals surface area contributed by atoms with E-state index in [9.17, 15) is 33.4 Å². The van der Waals surface area contributed by atoms with Crippen molar-refractivity contribution in [3.8, 4) is 0 Å². The fourth-order valence-electron chi connectivity index (χ4n) is 1.80. The molecule has 0 fully saturated rings. The smallest absolute Gasteiger partial charge is 0.260 e. The lowest BCUT2D eigenvalue weighted by Gasteiger charge is -2.23. The van der Waals surface area contributed by atoms with Crippen LogP contribution in [0.5, 0.6) is 0 Å². The average molecular weight is 333 g/mol. The summed E-state index contributed by atoms with van der Waals surface area (Å²) >= 11 is 0. The predicted octanol–water partition coefficient (Wildman–Crippen LogP) is 3.43. The summed E-state index contributed by atoms with van der Waals surface area (Å²) in [6.45, 7) is 1.37. The Morgan fingerprint density at radius 1 is 1.17 bits per heavy atom. The van der Waals surface area contributed by atoms with Gasteiger partial charge in [0.25, 0.3) is 0 Å². The van der Waals surface area contributed by atoms with Crippen LogP contribution in [0.4, 0.5) is 18.9 Å². The number of allylic oxidation sites excluding steroid dienone is 1. The number of rotatable bonds is 7. The van der Waals surface area contributed by atoms with Gasteiger partial charge in [0.2, 0.25) is 0 Å². The van der Waals surface area contributed by atoms with Gasteiger partial charge in [0.05, 0.1) is 16.3 Å². The number of nitrogens with zero attached hydrogens (tertiary/aromatic N) is 3. The van der Waals surface area contributed by atoms with Crippen molar-refractivity contribution in [2.24, 2.45) is 5.92 Å². The minimum absolute atomic E-state index is 0.0385. The molecule has 1 aromatic carbocycles. The highest BCUT2D eigenvalue weighted by molar-refractivity contribution is 5.49. The van der Waals surface area contributed by atoms with Gasteiger partial charge in [-0.15, -0.1) is 13.2 Å². The van der Waals surface area contributed by atoms with Crippen molar-refractivity contribution in [1.82, 2.24) is 0 Å². The molecule has 0 aromatic heterocycles. The fourth-order valence-corrected chi connectivity index (χ4v) is 1.80. The summed E-state index contributed by atoms with van der Waals surface area (Å²) in [6.07, 6.45) is -5.47. The molecule has 1 rings (SSSR count). The third-order valence-corrected chi connectivity index (χ3v) is 2.94. The van der Waals surface area contributed by atoms with E-state index in [1.165, 1.54) is 31.2 Å². The highest BCUT2D eigenvalue weighted by Gasteiger charge is 2.37. The molecule has 23 heavy (non-hydrogen) atoms. The van der Waals surface area contributed by atoms with Crippen molar-refractivity contribution < 1.29 is 23.0 Å². The van der Waals surface area contributed by atoms with Gasteiger partial charge in [-0.1, -0.05) is 31.2 Å². The van der Waals surface area contributed by atoms with Gasteiger partial charge in [-0.25, -0.2) is 0 Å². The van der Waals surface area contributed by atoms with Gasteiger partial charge in [0, 0.05) is 11.9 Å². The number of hydrogen-bond acceptors (Lipinski definition) is 5. The Labute approximate surface area is 129 Å². The summed E-state index contributed by atoms with van der Waals surface area (Å²) < 4.78 is 39.1. The second-order valence-corrected chi connectivity index (χ2v) is 4.78. The molecule has 0 bridgehead atoms. The maximum atomic E-state index is 13.0. The van der Waals surface area contributed by atoms with Gasteiger partial charge < -0.3 is 0 Å². The predicted molar refractivity (Wildman–Crippen MR) is 75.7 cm³/mol. The van der Waals surface area contributed by atoms with Gasteiger partial charge in [0.15, 0.2) is 0 Å². The first-order chi connectivity index (χ1) is 10.6. The highest BCUT2D eigenvalue weighted by atomic mass is 19.4. The molecule has 0 radical (unpaired) electrons. The summed E-state index contributed by atoms with van der Waals surface area (Å²) in [4.78, 5) is 19.0. The molecule has 1 aromatic rings. The number of alkyl halides is 3. The molecule has 0 saturated heterocycles. The van der Waals surface area contributed by atoms with Crippen LogP contribution in [0.2, 0.25) is 0 Å². The molecule has 0 N–H and O–H groups in total. The molecule has 0 heterocycles. The van der Waals surface area contributed by atoms with E-state index in [4.69, 9.17) is 0 Å². The van der Waals surface area contributed by atoms with Crippen molar-refractivity contribution in [2.45, 2.75) is 25.8 Å². The van der Waals surface area contributed by atoms with Gasteiger partial charge in [-0.05, 0) is 18.1 Å². The summed E-state index contributed by atoms with van der Waals surface area (Å²) in [6, 6.07) is 6.92. The van der Waals surface area contributed by atoms with E-state index in [-0.39, 0.29) is 10.6 Å². The van der Waals surface area contributed by atoms with E-state index in [2.05, 4.69) is 0 Å². The van der Waals surface area contributed by atoms with Crippen LogP contribution in [0.3, 0.4) is 0 Å². The van der Waals surface area contributed by atoms with Crippen molar-refractivity contribution in [1.29, 1.82) is 0 Å². The van der Waals surface area contributed by atoms with Gasteiger partial charge in [0.1, 0.15) is 0 Å². The first kappa shape index (κ1) is 18.4. The van der Waals surface area contributed by atoms with E-state index >= 15 is 0 Å². The Balaban J connectivity index is 2.89. The number of halogens is 3. The second kappa shape index (κ2) is 7.56. The van der Waals surface area contributed by atoms with Crippen LogP contribution in [0.15, 0.2) is 42.6 Å². The van der Waals surface area contributed by atoms with Crippen LogP contribution in [0, 0.1) is 26.1 Å². The van der Waals surface area contributed by atoms with Gasteiger partial charge >= 0.3 is 12.5 Å². The summed E-state index contributed by atoms with van der Waals surface area (Å²) in [5.41, 5.74) is -0.136. The lowest BCUT2D eigenvalue weighted by Crippen LogP contribution is -2.33. The molecule has 10 heteroatoms. The lowest BCUT2D eigenvalue weighted by molar-refractivity contribution is -0.743. The lowest BCUT2D eigenvalue weighted by atomic mass is 10.1. The molecule has 0 saturated carbocycles. The molecule has 0 spiro atoms. The minimum atomic E-state index is -4.69. The third kappa shape index (κ3) is 5.57. The van der Waals surface area contributed by atoms with Crippen LogP contribution < -0.4 is 4.90 Å². The summed E-state index contributed by atoms with van der Waals surface area (Å²) in [5, 5.41) is 21.1. The molecule has 0 aliphatic heterocycles. The Morgan fingerprint density at radius 3 is 2.13 bits per heavy atom. The zero-order valence-corrected chi connectivity index (χ0v) is 12.0. The monoisotopic (exact) mass is 333 g/mol. The first-order valence-corrected chi connectivity index (χ1v) is 6.49. The minimum Gasteiger partial charge on any atom is -0.260 e. The maximum Gasteiger partial charge on any atom is 0.488 e. The van der Waals surface area contributed by atoms with E-state index in [1.807, 2.05) is 0 Å². The van der Waals surface area contributed by atoms with Gasteiger partial charge in [-0.2, -0.15) is 0 Å². The van der Waals surface area contributed by atoms with Crippen molar-refractivity contribution in [3.63, 3.8) is 0 Å². The van der Waals surface area contributed by atoms with E-state index < -0.39 is 34.7 Å². The zero-order valence-electron chi connectivity index (χ0n) is 12.0. The molecular weight excluding hydrogens is 319 g/mol. The maximum absolute atomic E-state index is 13.0. The van der Waals surface area contributed by atoms with Crippen LogP contribution in [-0.4, -0.2) is 22.3 Å². The van der Waals surface area contributed by atoms with E-state index in [0.717, 1.165) is 12.3 Å². The molecule has 0 aliphatic carbocycles. The largest absolute Gasteiger partial charge is 0.488 e. The van der Waals surface area contributed by atoms with Crippen molar-refractivity contribution in [2.75, 3.05) is 4.90 Å². The molecule has 7 nitrogen and oxygen atoms in total.